The van der Waals surface area contributed by atoms with Crippen molar-refractivity contribution in [2.24, 2.45) is 0 Å². The van der Waals surface area contributed by atoms with Crippen molar-refractivity contribution in [1.82, 2.24) is 20.1 Å². The van der Waals surface area contributed by atoms with Gasteiger partial charge in [-0.3, -0.25) is 14.7 Å². The Morgan fingerprint density at radius 2 is 1.90 bits per heavy atom. The molecule has 0 aliphatic heterocycles. The fraction of sp³-hybridized carbons (Fsp3) is 0.600. The van der Waals surface area contributed by atoms with Crippen molar-refractivity contribution in [2.75, 3.05) is 47.3 Å². The van der Waals surface area contributed by atoms with Crippen LogP contribution in [-0.2, 0) is 11.2 Å². The molecule has 1 amide bonds. The van der Waals surface area contributed by atoms with Gasteiger partial charge in [0.2, 0.25) is 5.91 Å². The van der Waals surface area contributed by atoms with Crippen LogP contribution in [0.3, 0.4) is 0 Å². The maximum absolute atomic E-state index is 11.7. The standard InChI is InChI=1S/C15H26N4O/c1-18(2)11-4-8-17-15(20)13-19(3)12-7-14-5-9-16-10-6-14/h5-6,9-10H,4,7-8,11-13H2,1-3H3,(H,17,20). The lowest BCUT2D eigenvalue weighted by atomic mass is 10.2. The van der Waals surface area contributed by atoms with Gasteiger partial charge in [0.25, 0.3) is 0 Å². The molecule has 0 saturated heterocycles. The number of carbonyl (C=O) groups is 1. The number of rotatable bonds is 9. The zero-order valence-electron chi connectivity index (χ0n) is 12.8. The molecule has 5 heteroatoms. The molecule has 0 bridgehead atoms. The van der Waals surface area contributed by atoms with Gasteiger partial charge in [0.05, 0.1) is 6.54 Å². The molecule has 1 heterocycles. The van der Waals surface area contributed by atoms with Gasteiger partial charge in [0.15, 0.2) is 0 Å². The van der Waals surface area contributed by atoms with E-state index in [1.807, 2.05) is 38.2 Å². The molecule has 0 spiro atoms. The van der Waals surface area contributed by atoms with E-state index >= 15 is 0 Å². The Bertz CT molecular complexity index is 381. The molecule has 1 aromatic rings. The second-order valence-electron chi connectivity index (χ2n) is 5.35. The first-order chi connectivity index (χ1) is 9.58. The van der Waals surface area contributed by atoms with Gasteiger partial charge < -0.3 is 10.2 Å². The monoisotopic (exact) mass is 278 g/mol. The Morgan fingerprint density at radius 3 is 2.55 bits per heavy atom. The van der Waals surface area contributed by atoms with Crippen LogP contribution in [-0.4, -0.2) is 68.0 Å². The number of nitrogens with zero attached hydrogens (tertiary/aromatic N) is 3. The minimum Gasteiger partial charge on any atom is -0.355 e. The second kappa shape index (κ2) is 9.44. The summed E-state index contributed by atoms with van der Waals surface area (Å²) in [7, 11) is 6.05. The molecule has 1 rings (SSSR count). The highest BCUT2D eigenvalue weighted by Crippen LogP contribution is 1.98. The molecule has 0 aliphatic rings. The molecule has 0 fully saturated rings. The third kappa shape index (κ3) is 7.86. The minimum atomic E-state index is 0.0981. The highest BCUT2D eigenvalue weighted by atomic mass is 16.2. The number of nitrogens with one attached hydrogen (secondary N) is 1. The SMILES string of the molecule is CN(C)CCCNC(=O)CN(C)CCc1ccncc1. The molecule has 20 heavy (non-hydrogen) atoms. The summed E-state index contributed by atoms with van der Waals surface area (Å²) in [6, 6.07) is 4.02. The fourth-order valence-electron chi connectivity index (χ4n) is 1.87. The third-order valence-corrected chi connectivity index (χ3v) is 3.05. The first kappa shape index (κ1) is 16.6. The quantitative estimate of drug-likeness (QED) is 0.673. The lowest BCUT2D eigenvalue weighted by Crippen LogP contribution is -2.37. The molecular weight excluding hydrogens is 252 g/mol. The second-order valence-corrected chi connectivity index (χ2v) is 5.35. The van der Waals surface area contributed by atoms with E-state index in [9.17, 15) is 4.79 Å². The molecule has 1 aromatic heterocycles. The van der Waals surface area contributed by atoms with Crippen LogP contribution in [0.25, 0.3) is 0 Å². The summed E-state index contributed by atoms with van der Waals surface area (Å²) in [5, 5.41) is 2.95. The molecule has 0 aliphatic carbocycles. The van der Waals surface area contributed by atoms with E-state index in [1.54, 1.807) is 12.4 Å². The number of carbonyl (C=O) groups excluding carboxylic acids is 1. The van der Waals surface area contributed by atoms with Gasteiger partial charge in [-0.25, -0.2) is 0 Å². The first-order valence-electron chi connectivity index (χ1n) is 7.07. The number of aromatic nitrogens is 1. The van der Waals surface area contributed by atoms with Gasteiger partial charge in [0, 0.05) is 25.5 Å². The molecule has 1 N–H and O–H groups in total. The molecule has 0 aromatic carbocycles. The Hall–Kier alpha value is -1.46. The summed E-state index contributed by atoms with van der Waals surface area (Å²) < 4.78 is 0. The highest BCUT2D eigenvalue weighted by molar-refractivity contribution is 5.77. The van der Waals surface area contributed by atoms with Crippen molar-refractivity contribution in [2.45, 2.75) is 12.8 Å². The van der Waals surface area contributed by atoms with E-state index < -0.39 is 0 Å². The normalized spacial score (nSPS) is 11.1. The van der Waals surface area contributed by atoms with Gasteiger partial charge in [-0.2, -0.15) is 0 Å². The lowest BCUT2D eigenvalue weighted by Gasteiger charge is -2.16. The van der Waals surface area contributed by atoms with Crippen LogP contribution in [0.1, 0.15) is 12.0 Å². The van der Waals surface area contributed by atoms with Crippen molar-refractivity contribution in [3.8, 4) is 0 Å². The third-order valence-electron chi connectivity index (χ3n) is 3.05. The number of pyridine rings is 1. The van der Waals surface area contributed by atoms with Gasteiger partial charge >= 0.3 is 0 Å². The number of likely N-dealkylation sites (N-methyl/N-ethyl adjacent to an activating group) is 1. The summed E-state index contributed by atoms with van der Waals surface area (Å²) in [5.74, 6) is 0.0981. The van der Waals surface area contributed by atoms with Crippen molar-refractivity contribution in [1.29, 1.82) is 0 Å². The molecule has 5 nitrogen and oxygen atoms in total. The van der Waals surface area contributed by atoms with Crippen LogP contribution in [0, 0.1) is 0 Å². The molecule has 112 valence electrons. The Kier molecular flexibility index (Phi) is 7.84. The maximum Gasteiger partial charge on any atom is 0.234 e. The van der Waals surface area contributed by atoms with Gasteiger partial charge in [-0.15, -0.1) is 0 Å². The largest absolute Gasteiger partial charge is 0.355 e. The average molecular weight is 278 g/mol. The van der Waals surface area contributed by atoms with E-state index in [1.165, 1.54) is 5.56 Å². The fourth-order valence-corrected chi connectivity index (χ4v) is 1.87. The topological polar surface area (TPSA) is 48.5 Å². The minimum absolute atomic E-state index is 0.0981. The van der Waals surface area contributed by atoms with Crippen molar-refractivity contribution >= 4 is 5.91 Å². The summed E-state index contributed by atoms with van der Waals surface area (Å²) in [6.45, 7) is 3.07. The van der Waals surface area contributed by atoms with E-state index in [-0.39, 0.29) is 5.91 Å². The Morgan fingerprint density at radius 1 is 1.20 bits per heavy atom. The predicted octanol–water partition coefficient (Wildman–Crippen LogP) is 0.624. The summed E-state index contributed by atoms with van der Waals surface area (Å²) in [5.41, 5.74) is 1.25. The van der Waals surface area contributed by atoms with Crippen LogP contribution >= 0.6 is 0 Å². The number of hydrogen-bond acceptors (Lipinski definition) is 4. The van der Waals surface area contributed by atoms with Gasteiger partial charge in [-0.05, 0) is 58.2 Å². The van der Waals surface area contributed by atoms with Crippen LogP contribution in [0.4, 0.5) is 0 Å². The van der Waals surface area contributed by atoms with Gasteiger partial charge in [-0.1, -0.05) is 0 Å². The zero-order valence-corrected chi connectivity index (χ0v) is 12.8. The Balaban J connectivity index is 2.12. The molecular formula is C15H26N4O. The van der Waals surface area contributed by atoms with Crippen LogP contribution in [0.2, 0.25) is 0 Å². The summed E-state index contributed by atoms with van der Waals surface area (Å²) in [4.78, 5) is 19.9. The van der Waals surface area contributed by atoms with E-state index in [4.69, 9.17) is 0 Å². The molecule has 0 atom stereocenters. The van der Waals surface area contributed by atoms with Crippen LogP contribution in [0.15, 0.2) is 24.5 Å². The Labute approximate surface area is 122 Å². The van der Waals surface area contributed by atoms with Crippen LogP contribution in [0.5, 0.6) is 0 Å². The van der Waals surface area contributed by atoms with Crippen molar-refractivity contribution < 1.29 is 4.79 Å². The number of amides is 1. The smallest absolute Gasteiger partial charge is 0.234 e. The molecule has 0 unspecified atom stereocenters. The average Bonchev–Trinajstić information content (AvgIpc) is 2.42. The lowest BCUT2D eigenvalue weighted by molar-refractivity contribution is -0.121. The summed E-state index contributed by atoms with van der Waals surface area (Å²) >= 11 is 0. The van der Waals surface area contributed by atoms with E-state index in [2.05, 4.69) is 15.2 Å². The van der Waals surface area contributed by atoms with Crippen LogP contribution < -0.4 is 5.32 Å². The number of hydrogen-bond donors (Lipinski definition) is 1. The van der Waals surface area contributed by atoms with E-state index in [0.717, 1.165) is 32.5 Å². The van der Waals surface area contributed by atoms with Gasteiger partial charge in [0.1, 0.15) is 0 Å². The van der Waals surface area contributed by atoms with Crippen molar-refractivity contribution in [3.05, 3.63) is 30.1 Å². The highest BCUT2D eigenvalue weighted by Gasteiger charge is 2.06. The molecule has 0 saturated carbocycles. The molecule has 0 radical (unpaired) electrons. The maximum atomic E-state index is 11.7. The summed E-state index contributed by atoms with van der Waals surface area (Å²) in [6.07, 6.45) is 5.52. The van der Waals surface area contributed by atoms with E-state index in [0.29, 0.717) is 6.54 Å². The first-order valence-corrected chi connectivity index (χ1v) is 7.07. The van der Waals surface area contributed by atoms with Crippen molar-refractivity contribution in [3.63, 3.8) is 0 Å². The zero-order chi connectivity index (χ0) is 14.8. The predicted molar refractivity (Wildman–Crippen MR) is 81.6 cm³/mol.